The Balaban J connectivity index is 1.46. The summed E-state index contributed by atoms with van der Waals surface area (Å²) in [4.78, 5) is 21.0. The van der Waals surface area contributed by atoms with Crippen LogP contribution in [0.15, 0.2) is 54.9 Å². The van der Waals surface area contributed by atoms with E-state index < -0.39 is 0 Å². The average Bonchev–Trinajstić information content (AvgIpc) is 2.70. The molecular weight excluding hydrogens is 324 g/mol. The van der Waals surface area contributed by atoms with Crippen LogP contribution in [-0.2, 0) is 0 Å². The van der Waals surface area contributed by atoms with Crippen LogP contribution in [-0.4, -0.2) is 21.9 Å². The van der Waals surface area contributed by atoms with Crippen molar-refractivity contribution in [2.75, 3.05) is 5.32 Å². The monoisotopic (exact) mass is 346 g/mol. The molecule has 1 saturated carbocycles. The molecule has 5 nitrogen and oxygen atoms in total. The van der Waals surface area contributed by atoms with Crippen molar-refractivity contribution in [2.24, 2.45) is 0 Å². The van der Waals surface area contributed by atoms with Gasteiger partial charge in [-0.3, -0.25) is 4.79 Å². The van der Waals surface area contributed by atoms with E-state index in [0.29, 0.717) is 11.6 Å². The fourth-order valence-electron chi connectivity index (χ4n) is 3.46. The van der Waals surface area contributed by atoms with E-state index in [1.807, 2.05) is 48.5 Å². The third-order valence-corrected chi connectivity index (χ3v) is 4.89. The van der Waals surface area contributed by atoms with Crippen LogP contribution in [0.5, 0.6) is 0 Å². The van der Waals surface area contributed by atoms with Crippen LogP contribution in [0.25, 0.3) is 10.9 Å². The molecule has 5 heteroatoms. The molecule has 1 amide bonds. The number of aromatic nitrogens is 2. The molecule has 2 aromatic carbocycles. The molecule has 1 aliphatic rings. The second kappa shape index (κ2) is 7.52. The van der Waals surface area contributed by atoms with Crippen molar-refractivity contribution in [2.45, 2.75) is 38.1 Å². The van der Waals surface area contributed by atoms with E-state index in [4.69, 9.17) is 0 Å². The van der Waals surface area contributed by atoms with Crippen molar-refractivity contribution in [3.63, 3.8) is 0 Å². The molecule has 0 saturated heterocycles. The maximum atomic E-state index is 12.4. The van der Waals surface area contributed by atoms with Gasteiger partial charge in [0, 0.05) is 22.7 Å². The molecule has 1 heterocycles. The molecule has 0 atom stereocenters. The number of hydrogen-bond acceptors (Lipinski definition) is 4. The first-order valence-electron chi connectivity index (χ1n) is 9.17. The SMILES string of the molecule is O=C(NC1CCCCC1)c1ccc(Nc2ncnc3ccccc23)cc1. The van der Waals surface area contributed by atoms with E-state index in [-0.39, 0.29) is 5.91 Å². The first-order chi connectivity index (χ1) is 12.8. The predicted octanol–water partition coefficient (Wildman–Crippen LogP) is 4.44. The van der Waals surface area contributed by atoms with Crippen molar-refractivity contribution in [1.82, 2.24) is 15.3 Å². The number of nitrogens with one attached hydrogen (secondary N) is 2. The maximum absolute atomic E-state index is 12.4. The summed E-state index contributed by atoms with van der Waals surface area (Å²) in [6, 6.07) is 15.7. The van der Waals surface area contributed by atoms with Crippen molar-refractivity contribution >= 4 is 28.3 Å². The van der Waals surface area contributed by atoms with Gasteiger partial charge in [0.05, 0.1) is 5.52 Å². The second-order valence-electron chi connectivity index (χ2n) is 6.75. The van der Waals surface area contributed by atoms with Crippen LogP contribution >= 0.6 is 0 Å². The van der Waals surface area contributed by atoms with Crippen LogP contribution in [0.3, 0.4) is 0 Å². The normalized spacial score (nSPS) is 14.9. The Morgan fingerprint density at radius 1 is 0.923 bits per heavy atom. The summed E-state index contributed by atoms with van der Waals surface area (Å²) in [6.07, 6.45) is 7.43. The van der Waals surface area contributed by atoms with Crippen LogP contribution in [0.2, 0.25) is 0 Å². The van der Waals surface area contributed by atoms with Gasteiger partial charge in [0.15, 0.2) is 0 Å². The minimum Gasteiger partial charge on any atom is -0.349 e. The summed E-state index contributed by atoms with van der Waals surface area (Å²) < 4.78 is 0. The molecule has 0 spiro atoms. The molecule has 0 unspecified atom stereocenters. The quantitative estimate of drug-likeness (QED) is 0.733. The van der Waals surface area contributed by atoms with Gasteiger partial charge in [-0.15, -0.1) is 0 Å². The number of anilines is 2. The molecule has 3 aromatic rings. The minimum absolute atomic E-state index is 0.0101. The summed E-state index contributed by atoms with van der Waals surface area (Å²) >= 11 is 0. The van der Waals surface area contributed by atoms with E-state index in [0.717, 1.165) is 35.2 Å². The lowest BCUT2D eigenvalue weighted by Crippen LogP contribution is -2.36. The van der Waals surface area contributed by atoms with Gasteiger partial charge in [-0.05, 0) is 49.2 Å². The van der Waals surface area contributed by atoms with Crippen molar-refractivity contribution in [3.8, 4) is 0 Å². The highest BCUT2D eigenvalue weighted by Gasteiger charge is 2.16. The molecule has 1 fully saturated rings. The van der Waals surface area contributed by atoms with Crippen LogP contribution < -0.4 is 10.6 Å². The van der Waals surface area contributed by atoms with Gasteiger partial charge < -0.3 is 10.6 Å². The second-order valence-corrected chi connectivity index (χ2v) is 6.75. The Hall–Kier alpha value is -2.95. The smallest absolute Gasteiger partial charge is 0.251 e. The Morgan fingerprint density at radius 2 is 1.69 bits per heavy atom. The van der Waals surface area contributed by atoms with Crippen molar-refractivity contribution < 1.29 is 4.79 Å². The van der Waals surface area contributed by atoms with Crippen LogP contribution in [0, 0.1) is 0 Å². The van der Waals surface area contributed by atoms with Gasteiger partial charge in [0.2, 0.25) is 0 Å². The summed E-state index contributed by atoms with van der Waals surface area (Å²) in [5.41, 5.74) is 2.48. The van der Waals surface area contributed by atoms with Gasteiger partial charge in [-0.25, -0.2) is 9.97 Å². The largest absolute Gasteiger partial charge is 0.349 e. The highest BCUT2D eigenvalue weighted by atomic mass is 16.1. The number of nitrogens with zero attached hydrogens (tertiary/aromatic N) is 2. The maximum Gasteiger partial charge on any atom is 0.251 e. The fraction of sp³-hybridized carbons (Fsp3) is 0.286. The first-order valence-corrected chi connectivity index (χ1v) is 9.17. The number of carbonyl (C=O) groups is 1. The van der Waals surface area contributed by atoms with Crippen molar-refractivity contribution in [3.05, 3.63) is 60.4 Å². The Kier molecular flexibility index (Phi) is 4.78. The topological polar surface area (TPSA) is 66.9 Å². The van der Waals surface area contributed by atoms with Crippen molar-refractivity contribution in [1.29, 1.82) is 0 Å². The zero-order valence-electron chi connectivity index (χ0n) is 14.6. The number of rotatable bonds is 4. The highest BCUT2D eigenvalue weighted by molar-refractivity contribution is 5.95. The van der Waals surface area contributed by atoms with Gasteiger partial charge in [-0.2, -0.15) is 0 Å². The molecule has 2 N–H and O–H groups in total. The lowest BCUT2D eigenvalue weighted by atomic mass is 9.95. The minimum atomic E-state index is 0.0101. The first kappa shape index (κ1) is 16.5. The van der Waals surface area contributed by atoms with Gasteiger partial charge in [0.1, 0.15) is 12.1 Å². The number of carbonyl (C=O) groups excluding carboxylic acids is 1. The lowest BCUT2D eigenvalue weighted by molar-refractivity contribution is 0.0928. The zero-order chi connectivity index (χ0) is 17.8. The Labute approximate surface area is 152 Å². The Bertz CT molecular complexity index is 896. The fourth-order valence-corrected chi connectivity index (χ4v) is 3.46. The van der Waals surface area contributed by atoms with E-state index in [2.05, 4.69) is 20.6 Å². The predicted molar refractivity (Wildman–Crippen MR) is 104 cm³/mol. The molecular formula is C21H22N4O. The molecule has 132 valence electrons. The highest BCUT2D eigenvalue weighted by Crippen LogP contribution is 2.23. The van der Waals surface area contributed by atoms with E-state index >= 15 is 0 Å². The standard InChI is InChI=1S/C21H22N4O/c26-21(25-16-6-2-1-3-7-16)15-10-12-17(13-11-15)24-20-18-8-4-5-9-19(18)22-14-23-20/h4-5,8-14,16H,1-3,6-7H2,(H,25,26)(H,22,23,24). The number of fused-ring (bicyclic) bond motifs is 1. The molecule has 1 aliphatic carbocycles. The molecule has 4 rings (SSSR count). The van der Waals surface area contributed by atoms with Crippen LogP contribution in [0.4, 0.5) is 11.5 Å². The van der Waals surface area contributed by atoms with E-state index in [9.17, 15) is 4.79 Å². The summed E-state index contributed by atoms with van der Waals surface area (Å²) in [7, 11) is 0. The third-order valence-electron chi connectivity index (χ3n) is 4.89. The summed E-state index contributed by atoms with van der Waals surface area (Å²) in [6.45, 7) is 0. The Morgan fingerprint density at radius 3 is 2.50 bits per heavy atom. The lowest BCUT2D eigenvalue weighted by Gasteiger charge is -2.22. The number of para-hydroxylation sites is 1. The molecule has 1 aromatic heterocycles. The average molecular weight is 346 g/mol. The molecule has 0 aliphatic heterocycles. The summed E-state index contributed by atoms with van der Waals surface area (Å²) in [5.74, 6) is 0.769. The van der Waals surface area contributed by atoms with E-state index in [1.54, 1.807) is 6.33 Å². The van der Waals surface area contributed by atoms with Gasteiger partial charge in [-0.1, -0.05) is 31.4 Å². The summed E-state index contributed by atoms with van der Waals surface area (Å²) in [5, 5.41) is 7.43. The molecule has 0 bridgehead atoms. The number of amides is 1. The van der Waals surface area contributed by atoms with Gasteiger partial charge >= 0.3 is 0 Å². The zero-order valence-corrected chi connectivity index (χ0v) is 14.6. The van der Waals surface area contributed by atoms with E-state index in [1.165, 1.54) is 19.3 Å². The van der Waals surface area contributed by atoms with Gasteiger partial charge in [0.25, 0.3) is 5.91 Å². The number of benzene rings is 2. The molecule has 0 radical (unpaired) electrons. The molecule has 26 heavy (non-hydrogen) atoms. The number of hydrogen-bond donors (Lipinski definition) is 2. The van der Waals surface area contributed by atoms with Crippen LogP contribution in [0.1, 0.15) is 42.5 Å². The third kappa shape index (κ3) is 3.67.